The molecule has 0 aromatic carbocycles. The normalized spacial score (nSPS) is 29.6. The number of hydrogen-bond donors (Lipinski definition) is 1. The van der Waals surface area contributed by atoms with Gasteiger partial charge in [0.1, 0.15) is 0 Å². The Labute approximate surface area is 103 Å². The third-order valence-corrected chi connectivity index (χ3v) is 3.41. The van der Waals surface area contributed by atoms with E-state index in [-0.39, 0.29) is 24.4 Å². The van der Waals surface area contributed by atoms with Crippen LogP contribution in [0.3, 0.4) is 0 Å². The first kappa shape index (κ1) is 13.7. The van der Waals surface area contributed by atoms with Gasteiger partial charge in [0.2, 0.25) is 5.91 Å². The summed E-state index contributed by atoms with van der Waals surface area (Å²) in [5.74, 6) is 0.241. The molecule has 0 spiro atoms. The number of piperidine rings is 1. The molecule has 2 atom stereocenters. The summed E-state index contributed by atoms with van der Waals surface area (Å²) in [6.07, 6.45) is 4.32. The van der Waals surface area contributed by atoms with Crippen molar-refractivity contribution in [1.29, 1.82) is 0 Å². The SMILES string of the molecule is CN(C(=O)[C@@H]1CCCCN1)C1CCOC1.Cl. The minimum Gasteiger partial charge on any atom is -0.379 e. The minimum atomic E-state index is 0. The van der Waals surface area contributed by atoms with E-state index in [4.69, 9.17) is 4.74 Å². The lowest BCUT2D eigenvalue weighted by Crippen LogP contribution is -2.50. The Morgan fingerprint density at radius 2 is 2.19 bits per heavy atom. The molecule has 1 unspecified atom stereocenters. The number of ether oxygens (including phenoxy) is 1. The van der Waals surface area contributed by atoms with Crippen LogP contribution in [0.15, 0.2) is 0 Å². The fraction of sp³-hybridized carbons (Fsp3) is 0.909. The van der Waals surface area contributed by atoms with Gasteiger partial charge in [0.15, 0.2) is 0 Å². The van der Waals surface area contributed by atoms with Gasteiger partial charge >= 0.3 is 0 Å². The van der Waals surface area contributed by atoms with Crippen LogP contribution in [0.1, 0.15) is 25.7 Å². The van der Waals surface area contributed by atoms with E-state index >= 15 is 0 Å². The zero-order valence-electron chi connectivity index (χ0n) is 9.78. The number of halogens is 1. The van der Waals surface area contributed by atoms with Crippen LogP contribution >= 0.6 is 12.4 Å². The lowest BCUT2D eigenvalue weighted by molar-refractivity contribution is -0.134. The third-order valence-electron chi connectivity index (χ3n) is 3.41. The van der Waals surface area contributed by atoms with Crippen molar-refractivity contribution in [3.05, 3.63) is 0 Å². The first-order chi connectivity index (χ1) is 7.29. The molecule has 0 aromatic heterocycles. The Morgan fingerprint density at radius 3 is 2.75 bits per heavy atom. The topological polar surface area (TPSA) is 41.6 Å². The van der Waals surface area contributed by atoms with Gasteiger partial charge in [-0.15, -0.1) is 12.4 Å². The first-order valence-electron chi connectivity index (χ1n) is 5.87. The van der Waals surface area contributed by atoms with Gasteiger partial charge in [-0.05, 0) is 25.8 Å². The van der Waals surface area contributed by atoms with Gasteiger partial charge in [-0.3, -0.25) is 4.79 Å². The zero-order chi connectivity index (χ0) is 10.7. The van der Waals surface area contributed by atoms with Gasteiger partial charge in [0, 0.05) is 13.7 Å². The molecular weight excluding hydrogens is 228 g/mol. The largest absolute Gasteiger partial charge is 0.379 e. The summed E-state index contributed by atoms with van der Waals surface area (Å²) in [5.41, 5.74) is 0. The Hall–Kier alpha value is -0.320. The monoisotopic (exact) mass is 248 g/mol. The summed E-state index contributed by atoms with van der Waals surface area (Å²) in [4.78, 5) is 14.0. The van der Waals surface area contributed by atoms with Crippen molar-refractivity contribution < 1.29 is 9.53 Å². The average Bonchev–Trinajstić information content (AvgIpc) is 2.82. The van der Waals surface area contributed by atoms with Gasteiger partial charge in [0.25, 0.3) is 0 Å². The number of nitrogens with zero attached hydrogens (tertiary/aromatic N) is 1. The lowest BCUT2D eigenvalue weighted by Gasteiger charge is -2.30. The third kappa shape index (κ3) is 3.09. The summed E-state index contributed by atoms with van der Waals surface area (Å²) in [6.45, 7) is 2.47. The molecule has 94 valence electrons. The molecule has 16 heavy (non-hydrogen) atoms. The molecule has 5 heteroatoms. The number of hydrogen-bond acceptors (Lipinski definition) is 3. The molecule has 0 radical (unpaired) electrons. The lowest BCUT2D eigenvalue weighted by atomic mass is 10.0. The molecule has 2 heterocycles. The summed E-state index contributed by atoms with van der Waals surface area (Å²) < 4.78 is 5.30. The summed E-state index contributed by atoms with van der Waals surface area (Å²) >= 11 is 0. The Bertz CT molecular complexity index is 226. The average molecular weight is 249 g/mol. The number of carbonyl (C=O) groups is 1. The number of rotatable bonds is 2. The van der Waals surface area contributed by atoms with E-state index in [9.17, 15) is 4.79 Å². The maximum absolute atomic E-state index is 12.1. The van der Waals surface area contributed by atoms with E-state index in [0.29, 0.717) is 12.6 Å². The number of carbonyl (C=O) groups excluding carboxylic acids is 1. The van der Waals surface area contributed by atoms with Gasteiger partial charge in [0.05, 0.1) is 18.7 Å². The van der Waals surface area contributed by atoms with E-state index in [1.54, 1.807) is 0 Å². The second-order valence-electron chi connectivity index (χ2n) is 4.47. The van der Waals surface area contributed by atoms with Crippen molar-refractivity contribution in [2.24, 2.45) is 0 Å². The summed E-state index contributed by atoms with van der Waals surface area (Å²) in [7, 11) is 1.90. The van der Waals surface area contributed by atoms with Crippen molar-refractivity contribution in [1.82, 2.24) is 10.2 Å². The Morgan fingerprint density at radius 1 is 1.38 bits per heavy atom. The van der Waals surface area contributed by atoms with Crippen LogP contribution < -0.4 is 5.32 Å². The molecule has 1 N–H and O–H groups in total. The molecule has 0 aromatic rings. The molecule has 0 aliphatic carbocycles. The Balaban J connectivity index is 0.00000128. The van der Waals surface area contributed by atoms with Crippen molar-refractivity contribution >= 4 is 18.3 Å². The predicted octanol–water partition coefficient (Wildman–Crippen LogP) is 0.798. The minimum absolute atomic E-state index is 0. The molecular formula is C11H21ClN2O2. The highest BCUT2D eigenvalue weighted by Gasteiger charge is 2.29. The van der Waals surface area contributed by atoms with Gasteiger partial charge in [-0.2, -0.15) is 0 Å². The van der Waals surface area contributed by atoms with Gasteiger partial charge in [-0.25, -0.2) is 0 Å². The molecule has 2 saturated heterocycles. The quantitative estimate of drug-likeness (QED) is 0.786. The molecule has 4 nitrogen and oxygen atoms in total. The number of nitrogens with one attached hydrogen (secondary N) is 1. The smallest absolute Gasteiger partial charge is 0.239 e. The first-order valence-corrected chi connectivity index (χ1v) is 5.87. The van der Waals surface area contributed by atoms with Crippen LogP contribution in [-0.4, -0.2) is 49.7 Å². The summed E-state index contributed by atoms with van der Waals surface area (Å²) in [6, 6.07) is 0.338. The van der Waals surface area contributed by atoms with Crippen molar-refractivity contribution in [3.63, 3.8) is 0 Å². The van der Waals surface area contributed by atoms with E-state index < -0.39 is 0 Å². The van der Waals surface area contributed by atoms with Crippen molar-refractivity contribution in [3.8, 4) is 0 Å². The van der Waals surface area contributed by atoms with E-state index in [2.05, 4.69) is 5.32 Å². The van der Waals surface area contributed by atoms with E-state index in [1.165, 1.54) is 12.8 Å². The molecule has 2 fully saturated rings. The van der Waals surface area contributed by atoms with Crippen LogP contribution in [-0.2, 0) is 9.53 Å². The van der Waals surface area contributed by atoms with Gasteiger partial charge in [-0.1, -0.05) is 6.42 Å². The number of amides is 1. The zero-order valence-corrected chi connectivity index (χ0v) is 10.6. The standard InChI is InChI=1S/C11H20N2O2.ClH/c1-13(9-5-7-15-8-9)11(14)10-4-2-3-6-12-10;/h9-10,12H,2-8H2,1H3;1H/t9?,10-;/m0./s1. The molecule has 2 aliphatic rings. The van der Waals surface area contributed by atoms with Crippen LogP contribution in [0.2, 0.25) is 0 Å². The maximum atomic E-state index is 12.1. The molecule has 2 aliphatic heterocycles. The maximum Gasteiger partial charge on any atom is 0.239 e. The van der Waals surface area contributed by atoms with Crippen LogP contribution in [0.25, 0.3) is 0 Å². The molecule has 0 saturated carbocycles. The van der Waals surface area contributed by atoms with Crippen molar-refractivity contribution in [2.45, 2.75) is 37.8 Å². The Kier molecular flexibility index (Phi) is 5.52. The van der Waals surface area contributed by atoms with Crippen LogP contribution in [0.4, 0.5) is 0 Å². The summed E-state index contributed by atoms with van der Waals surface area (Å²) in [5, 5.41) is 3.29. The fourth-order valence-electron chi connectivity index (χ4n) is 2.32. The van der Waals surface area contributed by atoms with Gasteiger partial charge < -0.3 is 15.0 Å². The van der Waals surface area contributed by atoms with E-state index in [0.717, 1.165) is 26.0 Å². The predicted molar refractivity (Wildman–Crippen MR) is 64.9 cm³/mol. The molecule has 2 rings (SSSR count). The van der Waals surface area contributed by atoms with Crippen LogP contribution in [0.5, 0.6) is 0 Å². The van der Waals surface area contributed by atoms with Crippen molar-refractivity contribution in [2.75, 3.05) is 26.8 Å². The molecule has 0 bridgehead atoms. The molecule has 1 amide bonds. The second kappa shape index (κ2) is 6.42. The highest BCUT2D eigenvalue weighted by molar-refractivity contribution is 5.85. The number of likely N-dealkylation sites (N-methyl/N-ethyl adjacent to an activating group) is 1. The van der Waals surface area contributed by atoms with Crippen LogP contribution in [0, 0.1) is 0 Å². The second-order valence-corrected chi connectivity index (χ2v) is 4.47. The highest BCUT2D eigenvalue weighted by atomic mass is 35.5. The van der Waals surface area contributed by atoms with E-state index in [1.807, 2.05) is 11.9 Å². The fourth-order valence-corrected chi connectivity index (χ4v) is 2.32. The highest BCUT2D eigenvalue weighted by Crippen LogP contribution is 2.15.